The Hall–Kier alpha value is 0.220. The largest absolute Gasteiger partial charge is 0.481 e. The van der Waals surface area contributed by atoms with E-state index in [2.05, 4.69) is 8.83 Å². The van der Waals surface area contributed by atoms with Gasteiger partial charge in [0.1, 0.15) is 13.2 Å². The molecule has 0 spiro atoms. The van der Waals surface area contributed by atoms with Crippen molar-refractivity contribution in [1.29, 1.82) is 0 Å². The lowest BCUT2D eigenvalue weighted by atomic mass is 10.5. The van der Waals surface area contributed by atoms with E-state index in [0.717, 1.165) is 0 Å². The smallest absolute Gasteiger partial charge is 0.329 e. The van der Waals surface area contributed by atoms with Crippen LogP contribution in [0.1, 0.15) is 0 Å². The Balaban J connectivity index is 4.07. The summed E-state index contributed by atoms with van der Waals surface area (Å²) in [5.74, 6) is 0. The molecule has 92 valence electrons. The molecule has 0 aliphatic carbocycles. The molecule has 0 aromatic carbocycles. The summed E-state index contributed by atoms with van der Waals surface area (Å²) in [6, 6.07) is 0. The minimum absolute atomic E-state index is 0.142. The molecule has 0 saturated carbocycles. The number of nitrogens with zero attached hydrogens (tertiary/aromatic N) is 1. The predicted octanol–water partition coefficient (Wildman–Crippen LogP) is -0.0811. The van der Waals surface area contributed by atoms with Gasteiger partial charge in [-0.25, -0.2) is 9.13 Å². The van der Waals surface area contributed by atoms with Gasteiger partial charge < -0.3 is 19.2 Å². The average molecular weight is 264 g/mol. The van der Waals surface area contributed by atoms with Crippen molar-refractivity contribution in [3.63, 3.8) is 0 Å². The molecule has 0 aromatic rings. The van der Waals surface area contributed by atoms with Gasteiger partial charge >= 0.3 is 15.6 Å². The van der Waals surface area contributed by atoms with Crippen molar-refractivity contribution >= 4 is 15.6 Å². The van der Waals surface area contributed by atoms with Crippen LogP contribution in [0.25, 0.3) is 0 Å². The van der Waals surface area contributed by atoms with E-state index in [9.17, 15) is 9.13 Å². The van der Waals surface area contributed by atoms with Crippen LogP contribution in [0.3, 0.4) is 0 Å². The van der Waals surface area contributed by atoms with Gasteiger partial charge in [0.05, 0.1) is 21.1 Å². The van der Waals surface area contributed by atoms with Crippen LogP contribution >= 0.6 is 15.6 Å². The minimum atomic E-state index is -5.01. The van der Waals surface area contributed by atoms with Crippen molar-refractivity contribution in [2.75, 3.05) is 34.3 Å². The summed E-state index contributed by atoms with van der Waals surface area (Å²) in [6.45, 7) is 0.256. The third kappa shape index (κ3) is 10.5. The third-order valence-corrected chi connectivity index (χ3v) is 3.41. The lowest BCUT2D eigenvalue weighted by Gasteiger charge is -2.23. The standard InChI is InChI=1S/C5H15NO7P2/c1-6(2,3)4-5-12-15(10,11)13-14(7,8)9/h4-5H2,1-3H3,(H2-,7,8,9,10,11)/p+1. The van der Waals surface area contributed by atoms with Crippen LogP contribution in [-0.2, 0) is 18.0 Å². The van der Waals surface area contributed by atoms with E-state index in [0.29, 0.717) is 11.0 Å². The van der Waals surface area contributed by atoms with Crippen LogP contribution in [0.4, 0.5) is 0 Å². The molecular weight excluding hydrogens is 248 g/mol. The maximum absolute atomic E-state index is 10.9. The normalized spacial score (nSPS) is 17.5. The number of phosphoric ester groups is 1. The van der Waals surface area contributed by atoms with Gasteiger partial charge in [-0.2, -0.15) is 4.31 Å². The van der Waals surface area contributed by atoms with E-state index in [4.69, 9.17) is 14.7 Å². The average Bonchev–Trinajstić information content (AvgIpc) is 1.75. The van der Waals surface area contributed by atoms with Crippen molar-refractivity contribution in [3.05, 3.63) is 0 Å². The molecule has 0 aliphatic rings. The Bertz CT molecular complexity index is 292. The van der Waals surface area contributed by atoms with Crippen LogP contribution in [0, 0.1) is 0 Å². The molecule has 0 fully saturated rings. The Morgan fingerprint density at radius 2 is 1.60 bits per heavy atom. The van der Waals surface area contributed by atoms with E-state index in [1.807, 2.05) is 21.1 Å². The molecule has 8 nitrogen and oxygen atoms in total. The van der Waals surface area contributed by atoms with Gasteiger partial charge in [-0.1, -0.05) is 0 Å². The van der Waals surface area contributed by atoms with Crippen LogP contribution in [0.5, 0.6) is 0 Å². The van der Waals surface area contributed by atoms with Crippen LogP contribution in [-0.4, -0.2) is 53.5 Å². The summed E-state index contributed by atoms with van der Waals surface area (Å²) in [6.07, 6.45) is 0. The molecule has 0 aliphatic heterocycles. The van der Waals surface area contributed by atoms with Gasteiger partial charge in [0.2, 0.25) is 0 Å². The fourth-order valence-electron chi connectivity index (χ4n) is 0.588. The van der Waals surface area contributed by atoms with Gasteiger partial charge in [0, 0.05) is 0 Å². The van der Waals surface area contributed by atoms with Crippen LogP contribution in [0.2, 0.25) is 0 Å². The van der Waals surface area contributed by atoms with Gasteiger partial charge in [-0.3, -0.25) is 4.52 Å². The van der Waals surface area contributed by atoms with Crippen molar-refractivity contribution in [2.45, 2.75) is 0 Å². The first-order valence-corrected chi connectivity index (χ1v) is 6.99. The minimum Gasteiger partial charge on any atom is -0.329 e. The van der Waals surface area contributed by atoms with Crippen molar-refractivity contribution in [3.8, 4) is 0 Å². The number of phosphoric acid groups is 2. The summed E-state index contributed by atoms with van der Waals surface area (Å²) in [7, 11) is -4.20. The van der Waals surface area contributed by atoms with Gasteiger partial charge in [0.15, 0.2) is 0 Å². The second kappa shape index (κ2) is 5.03. The number of hydrogen-bond acceptors (Lipinski definition) is 4. The number of likely N-dealkylation sites (N-methyl/N-ethyl adjacent to an activating group) is 1. The Morgan fingerprint density at radius 3 is 1.93 bits per heavy atom. The maximum Gasteiger partial charge on any atom is 0.481 e. The van der Waals surface area contributed by atoms with Gasteiger partial charge in [-0.15, -0.1) is 0 Å². The lowest BCUT2D eigenvalue weighted by molar-refractivity contribution is -0.870. The second-order valence-electron chi connectivity index (χ2n) is 3.89. The highest BCUT2D eigenvalue weighted by molar-refractivity contribution is 7.60. The molecule has 1 unspecified atom stereocenters. The molecule has 10 heteroatoms. The summed E-state index contributed by atoms with van der Waals surface area (Å²) in [5.41, 5.74) is 0. The zero-order chi connectivity index (χ0) is 12.3. The topological polar surface area (TPSA) is 113 Å². The molecular formula is C5H16NO7P2+. The molecule has 3 N–H and O–H groups in total. The third-order valence-electron chi connectivity index (χ3n) is 1.23. The Kier molecular flexibility index (Phi) is 5.11. The first-order chi connectivity index (χ1) is 6.41. The van der Waals surface area contributed by atoms with Crippen LogP contribution in [0.15, 0.2) is 0 Å². The summed E-state index contributed by atoms with van der Waals surface area (Å²) >= 11 is 0. The van der Waals surface area contributed by atoms with Gasteiger partial charge in [0.25, 0.3) is 0 Å². The molecule has 0 amide bonds. The van der Waals surface area contributed by atoms with Gasteiger partial charge in [-0.05, 0) is 0 Å². The van der Waals surface area contributed by atoms with E-state index in [1.165, 1.54) is 0 Å². The van der Waals surface area contributed by atoms with Crippen molar-refractivity contribution < 1.29 is 37.1 Å². The maximum atomic E-state index is 10.9. The number of rotatable bonds is 6. The highest BCUT2D eigenvalue weighted by Crippen LogP contribution is 2.57. The second-order valence-corrected chi connectivity index (χ2v) is 6.72. The molecule has 0 heterocycles. The highest BCUT2D eigenvalue weighted by atomic mass is 31.3. The summed E-state index contributed by atoms with van der Waals surface area (Å²) < 4.78 is 29.6. The molecule has 0 aromatic heterocycles. The zero-order valence-corrected chi connectivity index (χ0v) is 10.5. The first kappa shape index (κ1) is 15.2. The number of hydrogen-bond donors (Lipinski definition) is 3. The van der Waals surface area contributed by atoms with Crippen molar-refractivity contribution in [2.24, 2.45) is 0 Å². The monoisotopic (exact) mass is 264 g/mol. The molecule has 15 heavy (non-hydrogen) atoms. The van der Waals surface area contributed by atoms with Crippen LogP contribution < -0.4 is 0 Å². The molecule has 0 rings (SSSR count). The number of quaternary nitrogens is 1. The highest BCUT2D eigenvalue weighted by Gasteiger charge is 2.32. The Labute approximate surface area is 87.9 Å². The molecule has 0 radical (unpaired) electrons. The lowest BCUT2D eigenvalue weighted by Crippen LogP contribution is -2.37. The SMILES string of the molecule is C[N+](C)(C)CCOP(=O)(O)OP(=O)(O)O. The fourth-order valence-corrected chi connectivity index (χ4v) is 2.16. The molecule has 1 atom stereocenters. The van der Waals surface area contributed by atoms with E-state index in [1.54, 1.807) is 0 Å². The fraction of sp³-hybridized carbons (Fsp3) is 1.00. The van der Waals surface area contributed by atoms with E-state index in [-0.39, 0.29) is 6.61 Å². The summed E-state index contributed by atoms with van der Waals surface area (Å²) in [4.78, 5) is 25.4. The zero-order valence-electron chi connectivity index (χ0n) is 8.73. The molecule has 0 bridgehead atoms. The van der Waals surface area contributed by atoms with Crippen molar-refractivity contribution in [1.82, 2.24) is 0 Å². The Morgan fingerprint density at radius 1 is 1.13 bits per heavy atom. The summed E-state index contributed by atoms with van der Waals surface area (Å²) in [5, 5.41) is 0. The predicted molar refractivity (Wildman–Crippen MR) is 51.8 cm³/mol. The quantitative estimate of drug-likeness (QED) is 0.454. The first-order valence-electron chi connectivity index (χ1n) is 3.96. The van der Waals surface area contributed by atoms with E-state index < -0.39 is 15.6 Å². The molecule has 0 saturated heterocycles. The van der Waals surface area contributed by atoms with E-state index >= 15 is 0 Å².